The van der Waals surface area contributed by atoms with Gasteiger partial charge in [-0.05, 0) is 46.8 Å². The van der Waals surface area contributed by atoms with Gasteiger partial charge in [-0.2, -0.15) is 15.3 Å². The van der Waals surface area contributed by atoms with Crippen LogP contribution in [0.2, 0.25) is 0 Å². The number of hydrogen-bond donors (Lipinski definition) is 3. The molecule has 2 aromatic heterocycles. The summed E-state index contributed by atoms with van der Waals surface area (Å²) < 4.78 is 0. The number of anilines is 3. The number of nitriles is 1. The first kappa shape index (κ1) is 17.9. The third-order valence-electron chi connectivity index (χ3n) is 5.52. The van der Waals surface area contributed by atoms with Crippen molar-refractivity contribution < 1.29 is 0 Å². The Morgan fingerprint density at radius 1 is 1.10 bits per heavy atom. The third-order valence-corrected chi connectivity index (χ3v) is 6.48. The largest absolute Gasteiger partial charge is 0.348 e. The second-order valence-electron chi connectivity index (χ2n) is 7.50. The molecule has 6 rings (SSSR count). The Balaban J connectivity index is 1.57. The lowest BCUT2D eigenvalue weighted by Crippen LogP contribution is -2.29. The van der Waals surface area contributed by atoms with Crippen molar-refractivity contribution in [1.82, 2.24) is 15.4 Å². The fraction of sp³-hybridized carbons (Fsp3) is 0.130. The number of nitrogens with one attached hydrogen (secondary N) is 3. The Bertz CT molecular complexity index is 1400. The molecule has 2 aliphatic heterocycles. The lowest BCUT2D eigenvalue weighted by molar-refractivity contribution is 0.647. The average Bonchev–Trinajstić information content (AvgIpc) is 3.44. The quantitative estimate of drug-likeness (QED) is 0.413. The fourth-order valence-electron chi connectivity index (χ4n) is 4.09. The molecule has 8 heteroatoms. The first-order valence-corrected chi connectivity index (χ1v) is 10.9. The monoisotopic (exact) mass is 423 g/mol. The van der Waals surface area contributed by atoms with Gasteiger partial charge in [0.25, 0.3) is 0 Å². The summed E-state index contributed by atoms with van der Waals surface area (Å²) in [5.41, 5.74) is 9.06. The van der Waals surface area contributed by atoms with Crippen molar-refractivity contribution in [3.63, 3.8) is 0 Å². The first-order valence-electron chi connectivity index (χ1n) is 9.99. The van der Waals surface area contributed by atoms with Gasteiger partial charge >= 0.3 is 0 Å². The molecular formula is C23H17N7S. The highest BCUT2D eigenvalue weighted by Gasteiger charge is 2.25. The van der Waals surface area contributed by atoms with Crippen LogP contribution in [0.3, 0.4) is 0 Å². The lowest BCUT2D eigenvalue weighted by Gasteiger charge is -2.16. The molecule has 0 radical (unpaired) electrons. The molecule has 1 unspecified atom stereocenters. The zero-order valence-corrected chi connectivity index (χ0v) is 17.2. The summed E-state index contributed by atoms with van der Waals surface area (Å²) in [6.45, 7) is 0. The number of fused-ring (bicyclic) bond motifs is 11. The number of aromatic nitrogens is 2. The summed E-state index contributed by atoms with van der Waals surface area (Å²) in [5, 5.41) is 23.9. The Morgan fingerprint density at radius 3 is 2.97 bits per heavy atom. The molecule has 0 amide bonds. The summed E-state index contributed by atoms with van der Waals surface area (Å²) in [7, 11) is 0. The average molecular weight is 424 g/mol. The number of hydrazone groups is 1. The van der Waals surface area contributed by atoms with Crippen molar-refractivity contribution in [1.29, 1.82) is 5.26 Å². The number of para-hydroxylation sites is 1. The summed E-state index contributed by atoms with van der Waals surface area (Å²) in [5.74, 6) is 1.28. The molecule has 0 saturated carbocycles. The summed E-state index contributed by atoms with van der Waals surface area (Å²) in [6.07, 6.45) is 0.997. The van der Waals surface area contributed by atoms with E-state index in [9.17, 15) is 5.26 Å². The molecule has 4 aromatic rings. The van der Waals surface area contributed by atoms with Crippen LogP contribution in [0.15, 0.2) is 59.0 Å². The molecule has 1 atom stereocenters. The number of hydrogen-bond acceptors (Lipinski definition) is 8. The maximum atomic E-state index is 9.34. The molecule has 0 saturated heterocycles. The van der Waals surface area contributed by atoms with Crippen molar-refractivity contribution in [2.45, 2.75) is 19.0 Å². The Kier molecular flexibility index (Phi) is 4.08. The van der Waals surface area contributed by atoms with Gasteiger partial charge in [0.1, 0.15) is 12.0 Å². The SMILES string of the molecule is N#CCc1ccc2cc1-c1ccsc1C1=NNC(C1)Nc1nc(nc3ccccc13)N2. The molecule has 3 N–H and O–H groups in total. The van der Waals surface area contributed by atoms with E-state index in [4.69, 9.17) is 9.97 Å². The maximum absolute atomic E-state index is 9.34. The molecule has 6 bridgehead atoms. The van der Waals surface area contributed by atoms with Crippen LogP contribution in [-0.4, -0.2) is 21.8 Å². The van der Waals surface area contributed by atoms with Crippen LogP contribution in [0.25, 0.3) is 22.0 Å². The van der Waals surface area contributed by atoms with Gasteiger partial charge in [0.15, 0.2) is 0 Å². The van der Waals surface area contributed by atoms with Crippen LogP contribution in [0, 0.1) is 11.3 Å². The third kappa shape index (κ3) is 3.07. The molecule has 0 spiro atoms. The van der Waals surface area contributed by atoms with Crippen LogP contribution in [0.4, 0.5) is 17.5 Å². The van der Waals surface area contributed by atoms with Crippen molar-refractivity contribution in [3.05, 3.63) is 64.4 Å². The normalized spacial score (nSPS) is 16.4. The van der Waals surface area contributed by atoms with Crippen LogP contribution in [0.5, 0.6) is 0 Å². The molecule has 31 heavy (non-hydrogen) atoms. The van der Waals surface area contributed by atoms with E-state index in [1.54, 1.807) is 11.3 Å². The molecule has 2 aliphatic rings. The second kappa shape index (κ2) is 7.07. The number of rotatable bonds is 1. The summed E-state index contributed by atoms with van der Waals surface area (Å²) >= 11 is 1.67. The molecule has 0 fully saturated rings. The highest BCUT2D eigenvalue weighted by atomic mass is 32.1. The summed E-state index contributed by atoms with van der Waals surface area (Å²) in [4.78, 5) is 10.6. The summed E-state index contributed by atoms with van der Waals surface area (Å²) in [6, 6.07) is 18.4. The minimum Gasteiger partial charge on any atom is -0.348 e. The topological polar surface area (TPSA) is 98.0 Å². The number of benzene rings is 2. The second-order valence-corrected chi connectivity index (χ2v) is 8.41. The van der Waals surface area contributed by atoms with E-state index in [-0.39, 0.29) is 6.17 Å². The van der Waals surface area contributed by atoms with E-state index in [0.29, 0.717) is 12.4 Å². The molecule has 7 nitrogen and oxygen atoms in total. The molecule has 0 aliphatic carbocycles. The highest BCUT2D eigenvalue weighted by Crippen LogP contribution is 2.36. The van der Waals surface area contributed by atoms with Gasteiger partial charge in [-0.25, -0.2) is 4.98 Å². The van der Waals surface area contributed by atoms with Crippen LogP contribution in [-0.2, 0) is 6.42 Å². The zero-order valence-electron chi connectivity index (χ0n) is 16.4. The van der Waals surface area contributed by atoms with Gasteiger partial charge in [-0.15, -0.1) is 11.3 Å². The predicted molar refractivity (Wildman–Crippen MR) is 124 cm³/mol. The van der Waals surface area contributed by atoms with Gasteiger partial charge < -0.3 is 10.6 Å². The standard InChI is InChI=1S/C23H17N7S/c24-9-7-13-5-6-14-11-17(13)15-8-10-31-21(15)19-12-20(30-29-19)27-22-16-3-1-2-4-18(16)26-23(25-14)28-22/h1-6,8,10-11,20,30H,7,12H2,(H2,25,26,27,28). The van der Waals surface area contributed by atoms with E-state index in [2.05, 4.69) is 44.7 Å². The van der Waals surface area contributed by atoms with Crippen molar-refractivity contribution in [2.24, 2.45) is 5.10 Å². The molecule has 4 heterocycles. The van der Waals surface area contributed by atoms with Gasteiger partial charge in [0.05, 0.1) is 28.6 Å². The van der Waals surface area contributed by atoms with E-state index < -0.39 is 0 Å². The predicted octanol–water partition coefficient (Wildman–Crippen LogP) is 4.62. The van der Waals surface area contributed by atoms with E-state index >= 15 is 0 Å². The van der Waals surface area contributed by atoms with Gasteiger partial charge in [-0.3, -0.25) is 5.43 Å². The minimum absolute atomic E-state index is 0.0708. The Labute approximate surface area is 182 Å². The smallest absolute Gasteiger partial charge is 0.229 e. The maximum Gasteiger partial charge on any atom is 0.229 e. The molecule has 150 valence electrons. The van der Waals surface area contributed by atoms with Crippen molar-refractivity contribution >= 4 is 45.4 Å². The van der Waals surface area contributed by atoms with Crippen LogP contribution < -0.4 is 16.1 Å². The highest BCUT2D eigenvalue weighted by molar-refractivity contribution is 7.12. The number of nitrogens with zero attached hydrogens (tertiary/aromatic N) is 4. The van der Waals surface area contributed by atoms with Gasteiger partial charge in [-0.1, -0.05) is 18.2 Å². The minimum atomic E-state index is -0.0708. The first-order chi connectivity index (χ1) is 15.3. The molecular weight excluding hydrogens is 406 g/mol. The van der Waals surface area contributed by atoms with E-state index in [1.165, 1.54) is 0 Å². The fourth-order valence-corrected chi connectivity index (χ4v) is 5.00. The van der Waals surface area contributed by atoms with Crippen LogP contribution >= 0.6 is 11.3 Å². The van der Waals surface area contributed by atoms with Crippen molar-refractivity contribution in [3.8, 4) is 17.2 Å². The van der Waals surface area contributed by atoms with Gasteiger partial charge in [0.2, 0.25) is 5.95 Å². The zero-order chi connectivity index (χ0) is 20.8. The Morgan fingerprint density at radius 2 is 2.03 bits per heavy atom. The lowest BCUT2D eigenvalue weighted by atomic mass is 9.96. The van der Waals surface area contributed by atoms with E-state index in [1.807, 2.05) is 36.4 Å². The van der Waals surface area contributed by atoms with E-state index in [0.717, 1.165) is 56.1 Å². The number of thiophene rings is 1. The van der Waals surface area contributed by atoms with Crippen LogP contribution in [0.1, 0.15) is 16.9 Å². The van der Waals surface area contributed by atoms with Crippen molar-refractivity contribution in [2.75, 3.05) is 10.6 Å². The molecule has 2 aromatic carbocycles. The van der Waals surface area contributed by atoms with Gasteiger partial charge in [0, 0.05) is 23.1 Å². The Hall–Kier alpha value is -3.96.